The SMILES string of the molecule is CCCCCC/C=C/CCCCCCCCCC(=O)OC[C@H](COP(=O)(O)OCCN)OC(=O)CCCCCCCCCCCCCCCCCCCCCCCC. The molecule has 0 aliphatic carbocycles. The summed E-state index contributed by atoms with van der Waals surface area (Å²) in [5.41, 5.74) is 5.36. The molecule has 0 aromatic carbocycles. The third-order valence-corrected chi connectivity index (χ3v) is 11.9. The average molecular weight is 844 g/mol. The first-order valence-corrected chi connectivity index (χ1v) is 26.2. The highest BCUT2D eigenvalue weighted by atomic mass is 31.2. The Morgan fingerprint density at radius 3 is 1.24 bits per heavy atom. The van der Waals surface area contributed by atoms with E-state index in [4.69, 9.17) is 24.3 Å². The number of hydrogen-bond acceptors (Lipinski definition) is 8. The van der Waals surface area contributed by atoms with Crippen LogP contribution in [0.4, 0.5) is 0 Å². The van der Waals surface area contributed by atoms with Crippen LogP contribution in [-0.4, -0.2) is 49.3 Å². The van der Waals surface area contributed by atoms with Gasteiger partial charge in [-0.15, -0.1) is 0 Å². The van der Waals surface area contributed by atoms with E-state index >= 15 is 0 Å². The molecular formula is C48H94NO8P. The number of allylic oxidation sites excluding steroid dienone is 2. The van der Waals surface area contributed by atoms with Crippen LogP contribution in [0.3, 0.4) is 0 Å². The highest BCUT2D eigenvalue weighted by Gasteiger charge is 2.26. The number of ether oxygens (including phenoxy) is 2. The molecule has 0 fully saturated rings. The lowest BCUT2D eigenvalue weighted by Crippen LogP contribution is -2.29. The highest BCUT2D eigenvalue weighted by Crippen LogP contribution is 2.43. The molecule has 58 heavy (non-hydrogen) atoms. The standard InChI is InChI=1S/C48H94NO8P/c1-3-5-7-9-11-13-15-17-19-20-21-22-23-24-25-27-29-31-33-35-37-39-41-48(51)57-46(45-56-58(52,53)55-43-42-49)44-54-47(50)40-38-36-34-32-30-28-26-18-16-14-12-10-8-6-4-2/h14,16,46H,3-13,15,17-45,49H2,1-2H3,(H,52,53)/b16-14+/t46-/m1/s1. The maximum atomic E-state index is 12.6. The van der Waals surface area contributed by atoms with Crippen molar-refractivity contribution in [2.24, 2.45) is 5.73 Å². The van der Waals surface area contributed by atoms with Crippen LogP contribution in [-0.2, 0) is 32.7 Å². The number of hydrogen-bond donors (Lipinski definition) is 2. The van der Waals surface area contributed by atoms with Crippen LogP contribution in [0.1, 0.15) is 251 Å². The Morgan fingerprint density at radius 2 is 0.845 bits per heavy atom. The smallest absolute Gasteiger partial charge is 0.462 e. The molecule has 10 heteroatoms. The van der Waals surface area contributed by atoms with Crippen LogP contribution in [0.25, 0.3) is 0 Å². The molecule has 0 amide bonds. The second-order valence-electron chi connectivity index (χ2n) is 16.7. The van der Waals surface area contributed by atoms with Crippen molar-refractivity contribution in [2.45, 2.75) is 258 Å². The fourth-order valence-electron chi connectivity index (χ4n) is 7.22. The maximum Gasteiger partial charge on any atom is 0.472 e. The molecule has 0 spiro atoms. The molecular weight excluding hydrogens is 750 g/mol. The maximum absolute atomic E-state index is 12.6. The monoisotopic (exact) mass is 844 g/mol. The first-order chi connectivity index (χ1) is 28.3. The van der Waals surface area contributed by atoms with Gasteiger partial charge in [-0.2, -0.15) is 0 Å². The zero-order valence-electron chi connectivity index (χ0n) is 38.1. The Morgan fingerprint density at radius 1 is 0.500 bits per heavy atom. The second kappa shape index (κ2) is 45.3. The van der Waals surface area contributed by atoms with Gasteiger partial charge >= 0.3 is 19.8 Å². The van der Waals surface area contributed by atoms with Gasteiger partial charge in [0.1, 0.15) is 6.61 Å². The minimum absolute atomic E-state index is 0.0559. The van der Waals surface area contributed by atoms with Crippen molar-refractivity contribution in [2.75, 3.05) is 26.4 Å². The van der Waals surface area contributed by atoms with Crippen LogP contribution < -0.4 is 5.73 Å². The van der Waals surface area contributed by atoms with Gasteiger partial charge < -0.3 is 20.1 Å². The molecule has 0 aliphatic heterocycles. The number of unbranched alkanes of at least 4 members (excludes halogenated alkanes) is 32. The Balaban J connectivity index is 4.01. The van der Waals surface area contributed by atoms with Gasteiger partial charge in [0.25, 0.3) is 0 Å². The zero-order chi connectivity index (χ0) is 42.5. The number of carbonyl (C=O) groups excluding carboxylic acids is 2. The minimum Gasteiger partial charge on any atom is -0.462 e. The summed E-state index contributed by atoms with van der Waals surface area (Å²) in [7, 11) is -4.38. The Bertz CT molecular complexity index is 964. The van der Waals surface area contributed by atoms with Gasteiger partial charge in [0, 0.05) is 19.4 Å². The van der Waals surface area contributed by atoms with Crippen molar-refractivity contribution >= 4 is 19.8 Å². The molecule has 0 radical (unpaired) electrons. The minimum atomic E-state index is -4.38. The van der Waals surface area contributed by atoms with E-state index in [1.165, 1.54) is 173 Å². The number of nitrogens with two attached hydrogens (primary N) is 1. The molecule has 2 atom stereocenters. The topological polar surface area (TPSA) is 134 Å². The van der Waals surface area contributed by atoms with E-state index < -0.39 is 26.5 Å². The van der Waals surface area contributed by atoms with Crippen LogP contribution in [0.15, 0.2) is 12.2 Å². The third kappa shape index (κ3) is 44.3. The van der Waals surface area contributed by atoms with Gasteiger partial charge in [-0.1, -0.05) is 212 Å². The molecule has 344 valence electrons. The molecule has 0 aliphatic rings. The fourth-order valence-corrected chi connectivity index (χ4v) is 7.99. The predicted molar refractivity (Wildman–Crippen MR) is 243 cm³/mol. The van der Waals surface area contributed by atoms with E-state index in [9.17, 15) is 19.0 Å². The van der Waals surface area contributed by atoms with E-state index in [2.05, 4.69) is 26.0 Å². The predicted octanol–water partition coefficient (Wildman–Crippen LogP) is 14.6. The lowest BCUT2D eigenvalue weighted by molar-refractivity contribution is -0.161. The quantitative estimate of drug-likeness (QED) is 0.0266. The number of carbonyl (C=O) groups is 2. The molecule has 0 heterocycles. The van der Waals surface area contributed by atoms with E-state index in [1.54, 1.807) is 0 Å². The van der Waals surface area contributed by atoms with Gasteiger partial charge in [0.15, 0.2) is 6.10 Å². The molecule has 0 aromatic rings. The normalized spacial score (nSPS) is 13.2. The average Bonchev–Trinajstić information content (AvgIpc) is 3.21. The van der Waals surface area contributed by atoms with Gasteiger partial charge in [0.05, 0.1) is 13.2 Å². The third-order valence-electron chi connectivity index (χ3n) is 10.9. The van der Waals surface area contributed by atoms with Gasteiger partial charge in [-0.3, -0.25) is 18.6 Å². The van der Waals surface area contributed by atoms with Crippen molar-refractivity contribution in [3.8, 4) is 0 Å². The Kier molecular flexibility index (Phi) is 44.3. The summed E-state index contributed by atoms with van der Waals surface area (Å²) in [6.07, 6.45) is 48.2. The van der Waals surface area contributed by atoms with E-state index in [-0.39, 0.29) is 38.6 Å². The fraction of sp³-hybridized carbons (Fsp3) is 0.917. The van der Waals surface area contributed by atoms with Crippen LogP contribution in [0.2, 0.25) is 0 Å². The number of rotatable bonds is 47. The Labute approximate surface area is 358 Å². The van der Waals surface area contributed by atoms with Crippen molar-refractivity contribution in [1.29, 1.82) is 0 Å². The summed E-state index contributed by atoms with van der Waals surface area (Å²) in [4.78, 5) is 35.0. The summed E-state index contributed by atoms with van der Waals surface area (Å²) in [6, 6.07) is 0. The van der Waals surface area contributed by atoms with Gasteiger partial charge in [-0.05, 0) is 38.5 Å². The van der Waals surface area contributed by atoms with Crippen LogP contribution in [0.5, 0.6) is 0 Å². The van der Waals surface area contributed by atoms with E-state index in [0.717, 1.165) is 44.9 Å². The van der Waals surface area contributed by atoms with Crippen molar-refractivity contribution in [1.82, 2.24) is 0 Å². The lowest BCUT2D eigenvalue weighted by atomic mass is 10.0. The van der Waals surface area contributed by atoms with Crippen LogP contribution >= 0.6 is 7.82 Å². The van der Waals surface area contributed by atoms with E-state index in [1.807, 2.05) is 0 Å². The lowest BCUT2D eigenvalue weighted by Gasteiger charge is -2.19. The summed E-state index contributed by atoms with van der Waals surface area (Å²) in [5.74, 6) is -0.819. The molecule has 0 bridgehead atoms. The van der Waals surface area contributed by atoms with Gasteiger partial charge in [-0.25, -0.2) is 4.57 Å². The summed E-state index contributed by atoms with van der Waals surface area (Å²) >= 11 is 0. The summed E-state index contributed by atoms with van der Waals surface area (Å²) < 4.78 is 32.9. The summed E-state index contributed by atoms with van der Waals surface area (Å²) in [5, 5.41) is 0. The zero-order valence-corrected chi connectivity index (χ0v) is 38.9. The van der Waals surface area contributed by atoms with Crippen molar-refractivity contribution in [3.05, 3.63) is 12.2 Å². The Hall–Kier alpha value is -1.25. The van der Waals surface area contributed by atoms with Gasteiger partial charge in [0.2, 0.25) is 0 Å². The molecule has 1 unspecified atom stereocenters. The second-order valence-corrected chi connectivity index (χ2v) is 18.1. The van der Waals surface area contributed by atoms with Crippen LogP contribution in [0, 0.1) is 0 Å². The highest BCUT2D eigenvalue weighted by molar-refractivity contribution is 7.47. The van der Waals surface area contributed by atoms with Crippen molar-refractivity contribution < 1.29 is 37.6 Å². The van der Waals surface area contributed by atoms with E-state index in [0.29, 0.717) is 6.42 Å². The largest absolute Gasteiger partial charge is 0.472 e. The molecule has 3 N–H and O–H groups in total. The molecule has 9 nitrogen and oxygen atoms in total. The molecule has 0 rings (SSSR count). The molecule has 0 saturated carbocycles. The van der Waals surface area contributed by atoms with Crippen molar-refractivity contribution in [3.63, 3.8) is 0 Å². The first-order valence-electron chi connectivity index (χ1n) is 24.7. The first kappa shape index (κ1) is 56.8. The number of esters is 2. The number of phosphoric ester groups is 1. The molecule has 0 saturated heterocycles. The summed E-state index contributed by atoms with van der Waals surface area (Å²) in [6.45, 7) is 3.76. The number of phosphoric acid groups is 1. The molecule has 0 aromatic heterocycles.